The monoisotopic (exact) mass is 530 g/mol. The standard InChI is InChI=1S/C34H42O5/c1-5-7-8-9-10-11-22-37-31-19-16-28(17-20-31)27-12-14-29(15-13-27)34(36)39-32-21-18-30(23-26(32)4)33(35)38-24-25(3)6-2/h12-21,23,25H,5-11,22,24H2,1-4H3/t25-/m1/s1. The Hall–Kier alpha value is -3.60. The van der Waals surface area contributed by atoms with Crippen molar-refractivity contribution >= 4 is 11.9 Å². The third kappa shape index (κ3) is 9.58. The molecule has 1 atom stereocenters. The average molecular weight is 531 g/mol. The number of hydrogen-bond donors (Lipinski definition) is 0. The second-order valence-corrected chi connectivity index (χ2v) is 10.2. The molecule has 39 heavy (non-hydrogen) atoms. The Morgan fingerprint density at radius 3 is 2.00 bits per heavy atom. The summed E-state index contributed by atoms with van der Waals surface area (Å²) in [5, 5.41) is 0. The Kier molecular flexibility index (Phi) is 12.1. The molecule has 0 aliphatic carbocycles. The van der Waals surface area contributed by atoms with Crippen molar-refractivity contribution in [2.45, 2.75) is 72.6 Å². The molecule has 0 heterocycles. The first-order valence-corrected chi connectivity index (χ1v) is 14.2. The highest BCUT2D eigenvalue weighted by atomic mass is 16.5. The molecule has 0 saturated heterocycles. The summed E-state index contributed by atoms with van der Waals surface area (Å²) in [6, 6.07) is 20.3. The number of esters is 2. The van der Waals surface area contributed by atoms with Gasteiger partial charge in [-0.05, 0) is 78.4 Å². The molecule has 0 aliphatic heterocycles. The number of carbonyl (C=O) groups is 2. The van der Waals surface area contributed by atoms with Crippen LogP contribution in [0.4, 0.5) is 0 Å². The number of hydrogen-bond acceptors (Lipinski definition) is 5. The van der Waals surface area contributed by atoms with Gasteiger partial charge in [-0.25, -0.2) is 9.59 Å². The minimum absolute atomic E-state index is 0.315. The van der Waals surface area contributed by atoms with E-state index in [1.165, 1.54) is 32.1 Å². The summed E-state index contributed by atoms with van der Waals surface area (Å²) in [6.07, 6.45) is 8.41. The number of benzene rings is 3. The van der Waals surface area contributed by atoms with Crippen molar-refractivity contribution in [1.82, 2.24) is 0 Å². The highest BCUT2D eigenvalue weighted by Gasteiger charge is 2.14. The maximum atomic E-state index is 12.8. The lowest BCUT2D eigenvalue weighted by molar-refractivity contribution is 0.0447. The minimum atomic E-state index is -0.449. The molecular weight excluding hydrogens is 488 g/mol. The normalized spacial score (nSPS) is 11.6. The van der Waals surface area contributed by atoms with Gasteiger partial charge < -0.3 is 14.2 Å². The van der Waals surface area contributed by atoms with Crippen molar-refractivity contribution in [3.8, 4) is 22.6 Å². The fraction of sp³-hybridized carbons (Fsp3) is 0.412. The SMILES string of the molecule is CCCCCCCCOc1ccc(-c2ccc(C(=O)Oc3ccc(C(=O)OC[C@H](C)CC)cc3C)cc2)cc1. The van der Waals surface area contributed by atoms with Gasteiger partial charge in [0.1, 0.15) is 11.5 Å². The Morgan fingerprint density at radius 2 is 1.36 bits per heavy atom. The maximum Gasteiger partial charge on any atom is 0.343 e. The van der Waals surface area contributed by atoms with Crippen LogP contribution in [0, 0.1) is 12.8 Å². The zero-order chi connectivity index (χ0) is 28.0. The first kappa shape index (κ1) is 29.9. The molecule has 0 aromatic heterocycles. The number of carbonyl (C=O) groups excluding carboxylic acids is 2. The van der Waals surface area contributed by atoms with Crippen LogP contribution in [-0.2, 0) is 4.74 Å². The molecule has 3 aromatic rings. The van der Waals surface area contributed by atoms with Crippen molar-refractivity contribution in [2.24, 2.45) is 5.92 Å². The molecule has 5 nitrogen and oxygen atoms in total. The van der Waals surface area contributed by atoms with Crippen LogP contribution < -0.4 is 9.47 Å². The zero-order valence-corrected chi connectivity index (χ0v) is 23.8. The lowest BCUT2D eigenvalue weighted by Crippen LogP contribution is -2.12. The summed E-state index contributed by atoms with van der Waals surface area (Å²) in [4.78, 5) is 25.1. The maximum absolute atomic E-state index is 12.8. The molecule has 3 aromatic carbocycles. The van der Waals surface area contributed by atoms with Gasteiger partial charge in [-0.15, -0.1) is 0 Å². The predicted octanol–water partition coefficient (Wildman–Crippen LogP) is 8.82. The van der Waals surface area contributed by atoms with Crippen LogP contribution in [0.15, 0.2) is 66.7 Å². The molecule has 0 bridgehead atoms. The van der Waals surface area contributed by atoms with Gasteiger partial charge in [0.05, 0.1) is 24.3 Å². The Morgan fingerprint density at radius 1 is 0.744 bits per heavy atom. The number of rotatable bonds is 15. The van der Waals surface area contributed by atoms with Crippen molar-refractivity contribution in [1.29, 1.82) is 0 Å². The van der Waals surface area contributed by atoms with Crippen molar-refractivity contribution in [3.63, 3.8) is 0 Å². The molecule has 0 radical (unpaired) electrons. The third-order valence-corrected chi connectivity index (χ3v) is 6.88. The van der Waals surface area contributed by atoms with Gasteiger partial charge in [0.15, 0.2) is 0 Å². The van der Waals surface area contributed by atoms with Crippen LogP contribution in [0.3, 0.4) is 0 Å². The number of unbranched alkanes of at least 4 members (excludes halogenated alkanes) is 5. The van der Waals surface area contributed by atoms with E-state index in [-0.39, 0.29) is 5.97 Å². The van der Waals surface area contributed by atoms with E-state index < -0.39 is 5.97 Å². The van der Waals surface area contributed by atoms with Gasteiger partial charge in [0, 0.05) is 0 Å². The second kappa shape index (κ2) is 15.7. The Bertz CT molecular complexity index is 1180. The smallest absolute Gasteiger partial charge is 0.343 e. The van der Waals surface area contributed by atoms with Crippen LogP contribution in [0.5, 0.6) is 11.5 Å². The molecule has 0 N–H and O–H groups in total. The molecule has 208 valence electrons. The van der Waals surface area contributed by atoms with E-state index in [0.717, 1.165) is 36.3 Å². The van der Waals surface area contributed by atoms with Crippen molar-refractivity contribution < 1.29 is 23.8 Å². The van der Waals surface area contributed by atoms with Crippen LogP contribution >= 0.6 is 0 Å². The Labute approximate surface area is 233 Å². The minimum Gasteiger partial charge on any atom is -0.494 e. The largest absolute Gasteiger partial charge is 0.494 e. The van der Waals surface area contributed by atoms with Gasteiger partial charge in [-0.1, -0.05) is 83.6 Å². The highest BCUT2D eigenvalue weighted by Crippen LogP contribution is 2.25. The molecular formula is C34H42O5. The van der Waals surface area contributed by atoms with E-state index in [4.69, 9.17) is 14.2 Å². The van der Waals surface area contributed by atoms with Gasteiger partial charge in [0.25, 0.3) is 0 Å². The summed E-state index contributed by atoms with van der Waals surface area (Å²) in [5.74, 6) is 0.783. The van der Waals surface area contributed by atoms with E-state index in [2.05, 4.69) is 13.8 Å². The predicted molar refractivity (Wildman–Crippen MR) is 157 cm³/mol. The third-order valence-electron chi connectivity index (χ3n) is 6.88. The van der Waals surface area contributed by atoms with Crippen molar-refractivity contribution in [2.75, 3.05) is 13.2 Å². The molecule has 3 rings (SSSR count). The lowest BCUT2D eigenvalue weighted by atomic mass is 10.0. The van der Waals surface area contributed by atoms with E-state index in [1.54, 1.807) is 37.3 Å². The first-order chi connectivity index (χ1) is 18.9. The van der Waals surface area contributed by atoms with E-state index in [9.17, 15) is 9.59 Å². The van der Waals surface area contributed by atoms with E-state index in [0.29, 0.717) is 35.0 Å². The van der Waals surface area contributed by atoms with E-state index in [1.807, 2.05) is 43.3 Å². The zero-order valence-electron chi connectivity index (χ0n) is 23.8. The summed E-state index contributed by atoms with van der Waals surface area (Å²) < 4.78 is 16.9. The highest BCUT2D eigenvalue weighted by molar-refractivity contribution is 5.93. The van der Waals surface area contributed by atoms with Gasteiger partial charge >= 0.3 is 11.9 Å². The molecule has 0 saturated carbocycles. The summed E-state index contributed by atoms with van der Waals surface area (Å²) in [6.45, 7) is 9.26. The molecule has 0 amide bonds. The fourth-order valence-corrected chi connectivity index (χ4v) is 4.08. The summed E-state index contributed by atoms with van der Waals surface area (Å²) in [7, 11) is 0. The van der Waals surface area contributed by atoms with Gasteiger partial charge in [-0.3, -0.25) is 0 Å². The molecule has 0 fully saturated rings. The van der Waals surface area contributed by atoms with Gasteiger partial charge in [0.2, 0.25) is 0 Å². The molecule has 0 spiro atoms. The number of aryl methyl sites for hydroxylation is 1. The van der Waals surface area contributed by atoms with E-state index >= 15 is 0 Å². The van der Waals surface area contributed by atoms with Crippen LogP contribution in [0.25, 0.3) is 11.1 Å². The van der Waals surface area contributed by atoms with Crippen LogP contribution in [0.2, 0.25) is 0 Å². The first-order valence-electron chi connectivity index (χ1n) is 14.2. The fourth-order valence-electron chi connectivity index (χ4n) is 4.08. The molecule has 0 unspecified atom stereocenters. The Balaban J connectivity index is 1.51. The summed E-state index contributed by atoms with van der Waals surface area (Å²) >= 11 is 0. The molecule has 0 aliphatic rings. The lowest BCUT2D eigenvalue weighted by Gasteiger charge is -2.12. The average Bonchev–Trinajstić information content (AvgIpc) is 2.96. The second-order valence-electron chi connectivity index (χ2n) is 10.2. The van der Waals surface area contributed by atoms with Crippen molar-refractivity contribution in [3.05, 3.63) is 83.4 Å². The topological polar surface area (TPSA) is 61.8 Å². The van der Waals surface area contributed by atoms with Crippen LogP contribution in [0.1, 0.15) is 92.0 Å². The van der Waals surface area contributed by atoms with Crippen LogP contribution in [-0.4, -0.2) is 25.2 Å². The van der Waals surface area contributed by atoms with Gasteiger partial charge in [-0.2, -0.15) is 0 Å². The molecule has 5 heteroatoms. The quantitative estimate of drug-likeness (QED) is 0.112. The summed E-state index contributed by atoms with van der Waals surface area (Å²) in [5.41, 5.74) is 3.64. The number of ether oxygens (including phenoxy) is 3.